The number of rotatable bonds is 4. The van der Waals surface area contributed by atoms with Gasteiger partial charge in [0.25, 0.3) is 0 Å². The van der Waals surface area contributed by atoms with Crippen LogP contribution >= 0.6 is 48.0 Å². The van der Waals surface area contributed by atoms with E-state index in [2.05, 4.69) is 136 Å². The van der Waals surface area contributed by atoms with E-state index in [4.69, 9.17) is 23.2 Å². The van der Waals surface area contributed by atoms with Gasteiger partial charge >= 0.3 is 321 Å². The van der Waals surface area contributed by atoms with Gasteiger partial charge in [0.15, 0.2) is 0 Å². The van der Waals surface area contributed by atoms with Crippen LogP contribution in [0.1, 0.15) is 113 Å². The molecule has 4 aromatic carbocycles. The van der Waals surface area contributed by atoms with Gasteiger partial charge in [0, 0.05) is 0 Å². The van der Waals surface area contributed by atoms with E-state index in [1.165, 1.54) is 72.4 Å². The molecule has 0 spiro atoms. The summed E-state index contributed by atoms with van der Waals surface area (Å²) in [5.41, 5.74) is 18.4. The molecule has 0 aliphatic heterocycles. The monoisotopic (exact) mass is 856 g/mol. The Morgan fingerprint density at radius 1 is 0.679 bits per heavy atom. The van der Waals surface area contributed by atoms with Crippen LogP contribution in [0.3, 0.4) is 0 Å². The Kier molecular flexibility index (Phi) is 10.6. The molecule has 0 atom stereocenters. The summed E-state index contributed by atoms with van der Waals surface area (Å²) in [4.78, 5) is 0. The maximum absolute atomic E-state index is 6.47. The molecular weight excluding hydrogens is 810 g/mol. The Labute approximate surface area is 343 Å². The van der Waals surface area contributed by atoms with Crippen LogP contribution in [-0.4, -0.2) is 7.42 Å². The molecule has 0 amide bonds. The van der Waals surface area contributed by atoms with Crippen molar-refractivity contribution >= 4 is 66.6 Å². The van der Waals surface area contributed by atoms with Crippen LogP contribution in [0.15, 0.2) is 103 Å². The van der Waals surface area contributed by atoms with E-state index in [0.717, 1.165) is 22.9 Å². The van der Waals surface area contributed by atoms with Crippen molar-refractivity contribution in [2.75, 3.05) is 0 Å². The molecule has 0 nitrogen and oxygen atoms in total. The maximum Gasteiger partial charge on any atom is -0.147 e. The Morgan fingerprint density at radius 2 is 1.19 bits per heavy atom. The summed E-state index contributed by atoms with van der Waals surface area (Å²) >= 11 is 9.04. The van der Waals surface area contributed by atoms with Gasteiger partial charge in [-0.15, -0.1) is 24.8 Å². The zero-order valence-electron chi connectivity index (χ0n) is 32.3. The number of halogens is 4. The second-order valence-corrected chi connectivity index (χ2v) is 26.9. The summed E-state index contributed by atoms with van der Waals surface area (Å²) < 4.78 is 8.67. The largest absolute Gasteiger partial charge is 0.147 e. The van der Waals surface area contributed by atoms with Gasteiger partial charge in [-0.1, -0.05) is 0 Å². The second kappa shape index (κ2) is 14.0. The van der Waals surface area contributed by atoms with Crippen molar-refractivity contribution in [1.29, 1.82) is 0 Å². The second-order valence-electron chi connectivity index (χ2n) is 17.5. The van der Waals surface area contributed by atoms with E-state index in [0.29, 0.717) is 0 Å². The number of hydrogen-bond acceptors (Lipinski definition) is 0. The van der Waals surface area contributed by atoms with Crippen molar-refractivity contribution in [3.8, 4) is 11.1 Å². The fraction of sp³-hybridized carbons (Fsp3) is 0.292. The summed E-state index contributed by atoms with van der Waals surface area (Å²) in [6.07, 6.45) is 9.51. The predicted octanol–water partition coefficient (Wildman–Crippen LogP) is 14.2. The third-order valence-corrected chi connectivity index (χ3v) is 24.5. The average molecular weight is 860 g/mol. The first kappa shape index (κ1) is 40.3. The normalized spacial score (nSPS) is 17.2. The summed E-state index contributed by atoms with van der Waals surface area (Å²) in [6, 6.07) is 27.2. The minimum atomic E-state index is -3.90. The molecular formula is C48H50Cl4Zr. The molecule has 53 heavy (non-hydrogen) atoms. The number of fused-ring (bicyclic) bond motifs is 5. The summed E-state index contributed by atoms with van der Waals surface area (Å²) in [5, 5.41) is 1.54. The van der Waals surface area contributed by atoms with Gasteiger partial charge in [-0.3, -0.25) is 0 Å². The zero-order chi connectivity index (χ0) is 36.2. The van der Waals surface area contributed by atoms with Gasteiger partial charge in [-0.2, -0.15) is 0 Å². The van der Waals surface area contributed by atoms with Crippen molar-refractivity contribution in [2.24, 2.45) is 5.41 Å². The zero-order valence-corrected chi connectivity index (χ0v) is 37.9. The third kappa shape index (κ3) is 6.70. The number of benzene rings is 4. The molecule has 0 N–H and O–H groups in total. The van der Waals surface area contributed by atoms with Crippen molar-refractivity contribution in [2.45, 2.75) is 86.0 Å². The Bertz CT molecular complexity index is 2370. The topological polar surface area (TPSA) is 0 Å². The molecule has 4 aliphatic rings. The first-order valence-corrected chi connectivity index (χ1v) is 24.4. The van der Waals surface area contributed by atoms with E-state index >= 15 is 0 Å². The molecule has 0 saturated heterocycles. The van der Waals surface area contributed by atoms with Crippen LogP contribution in [0.2, 0.25) is 10.0 Å². The standard InChI is InChI=1S/C25H25.C9H13.2C7H5Cl.2ClH.Zr/c1-14-12-24(3,4)22-8-16-7-17-9-23-19(15(2)13-25(23,5)6)11-21(17)20(16)10-18(14)22;1-9(2,3)8-6-4-5-7-8;2*1-6-2-4-7(8)5-3-6;;;/h8-12H,7H2,1-6H3;6-7H,4H2,1-3H3;2*1-5H;2*1H;. The van der Waals surface area contributed by atoms with E-state index in [1.807, 2.05) is 24.3 Å². The smallest absolute Gasteiger partial charge is 0.147 e. The molecule has 0 aromatic heterocycles. The molecule has 5 heteroatoms. The molecule has 4 aromatic rings. The SMILES string of the molecule is CC1=CC(C)(C)c2cc3c(cc21)-c1cc2c(cc1C3)C(C)(C)[C]([Zr](=[CH]c1ccc(Cl)cc1)(=[CH]c1ccc(Cl)cc1)[C]1=CC(C(C)(C)C)=CC1)=C2C.Cl.Cl. The molecule has 274 valence electrons. The summed E-state index contributed by atoms with van der Waals surface area (Å²) in [5.74, 6) is 0. The van der Waals surface area contributed by atoms with Crippen LogP contribution in [0.5, 0.6) is 0 Å². The van der Waals surface area contributed by atoms with E-state index in [1.54, 1.807) is 6.56 Å². The van der Waals surface area contributed by atoms with Gasteiger partial charge < -0.3 is 0 Å². The summed E-state index contributed by atoms with van der Waals surface area (Å²) in [7, 11) is 0. The quantitative estimate of drug-likeness (QED) is 0.169. The van der Waals surface area contributed by atoms with Crippen molar-refractivity contribution in [3.63, 3.8) is 0 Å². The van der Waals surface area contributed by atoms with Crippen molar-refractivity contribution in [1.82, 2.24) is 0 Å². The first-order valence-electron chi connectivity index (χ1n) is 18.4. The predicted molar refractivity (Wildman–Crippen MR) is 235 cm³/mol. The van der Waals surface area contributed by atoms with Crippen LogP contribution < -0.4 is 0 Å². The molecule has 4 aliphatic carbocycles. The number of allylic oxidation sites excluding steroid dienone is 8. The maximum atomic E-state index is 6.47. The van der Waals surface area contributed by atoms with Crippen LogP contribution in [-0.2, 0) is 36.5 Å². The minimum Gasteiger partial charge on any atom is -0.147 e. The first-order chi connectivity index (χ1) is 24.0. The van der Waals surface area contributed by atoms with Crippen molar-refractivity contribution in [3.05, 3.63) is 158 Å². The fourth-order valence-corrected chi connectivity index (χ4v) is 22.9. The molecule has 0 bridgehead atoms. The fourth-order valence-electron chi connectivity index (χ4n) is 9.75. The number of hydrogen-bond donors (Lipinski definition) is 0. The molecule has 0 heterocycles. The van der Waals surface area contributed by atoms with Crippen molar-refractivity contribution < 1.29 is 19.3 Å². The van der Waals surface area contributed by atoms with Gasteiger partial charge in [-0.25, -0.2) is 0 Å². The van der Waals surface area contributed by atoms with E-state index in [-0.39, 0.29) is 41.1 Å². The van der Waals surface area contributed by atoms with Gasteiger partial charge in [0.1, 0.15) is 0 Å². The minimum absolute atomic E-state index is 0. The van der Waals surface area contributed by atoms with E-state index in [9.17, 15) is 0 Å². The van der Waals surface area contributed by atoms with Gasteiger partial charge in [0.2, 0.25) is 0 Å². The van der Waals surface area contributed by atoms with Crippen LogP contribution in [0.25, 0.3) is 22.3 Å². The van der Waals surface area contributed by atoms with Crippen LogP contribution in [0.4, 0.5) is 0 Å². The Morgan fingerprint density at radius 3 is 1.70 bits per heavy atom. The van der Waals surface area contributed by atoms with E-state index < -0.39 is 19.3 Å². The molecule has 0 unspecified atom stereocenters. The average Bonchev–Trinajstić information content (AvgIpc) is 3.79. The molecule has 0 radical (unpaired) electrons. The van der Waals surface area contributed by atoms with Gasteiger partial charge in [0.05, 0.1) is 0 Å². The Hall–Kier alpha value is -2.38. The summed E-state index contributed by atoms with van der Waals surface area (Å²) in [6.45, 7) is 21.4. The molecule has 0 fully saturated rings. The molecule has 0 saturated carbocycles. The third-order valence-electron chi connectivity index (χ3n) is 12.1. The van der Waals surface area contributed by atoms with Gasteiger partial charge in [-0.05, 0) is 0 Å². The molecule has 8 rings (SSSR count). The van der Waals surface area contributed by atoms with Crippen LogP contribution in [0, 0.1) is 5.41 Å². The Balaban J connectivity index is 0.00000240.